The number of hydrogen-bond acceptors (Lipinski definition) is 3. The normalized spacial score (nSPS) is 12.3. The van der Waals surface area contributed by atoms with Gasteiger partial charge in [0, 0.05) is 36.7 Å². The number of nitrogens with zero attached hydrogens (tertiary/aromatic N) is 5. The van der Waals surface area contributed by atoms with Crippen LogP contribution in [0.4, 0.5) is 11.6 Å². The summed E-state index contributed by atoms with van der Waals surface area (Å²) in [4.78, 5) is 11.5. The molecule has 0 saturated heterocycles. The van der Waals surface area contributed by atoms with Crippen LogP contribution in [-0.4, -0.2) is 25.6 Å². The number of anilines is 2. The van der Waals surface area contributed by atoms with Crippen molar-refractivity contribution in [2.24, 2.45) is 0 Å². The van der Waals surface area contributed by atoms with Crippen LogP contribution in [0.1, 0.15) is 16.7 Å². The maximum atomic E-state index is 4.78. The van der Waals surface area contributed by atoms with Gasteiger partial charge in [-0.2, -0.15) is 23.8 Å². The summed E-state index contributed by atoms with van der Waals surface area (Å²) in [5.41, 5.74) is 9.91. The fourth-order valence-corrected chi connectivity index (χ4v) is 5.43. The zero-order valence-electron chi connectivity index (χ0n) is 22.1. The van der Waals surface area contributed by atoms with Gasteiger partial charge >= 0.3 is 21.1 Å². The Morgan fingerprint density at radius 2 is 1.60 bits per heavy atom. The molecule has 0 aliphatic carbocycles. The minimum atomic E-state index is 0. The number of rotatable bonds is 6. The van der Waals surface area contributed by atoms with Crippen molar-refractivity contribution in [2.45, 2.75) is 19.9 Å². The van der Waals surface area contributed by atoms with Crippen LogP contribution < -0.4 is 4.90 Å². The van der Waals surface area contributed by atoms with Gasteiger partial charge in [-0.25, -0.2) is 4.98 Å². The second-order valence-electron chi connectivity index (χ2n) is 9.90. The maximum Gasteiger partial charge on any atom is 2.00 e. The fraction of sp³-hybridized carbons (Fsp3) is 0.118. The third-order valence-corrected chi connectivity index (χ3v) is 7.31. The molecule has 0 radical (unpaired) electrons. The Balaban J connectivity index is 0.00000289. The number of hydrogen-bond donors (Lipinski definition) is 0. The largest absolute Gasteiger partial charge is 2.00 e. The summed E-state index contributed by atoms with van der Waals surface area (Å²) in [6.07, 6.45) is 8.65. The minimum Gasteiger partial charge on any atom is -0.334 e. The van der Waals surface area contributed by atoms with Crippen LogP contribution in [0, 0.1) is 19.1 Å². The molecule has 198 valence electrons. The van der Waals surface area contributed by atoms with E-state index in [-0.39, 0.29) is 21.1 Å². The molecule has 40 heavy (non-hydrogen) atoms. The van der Waals surface area contributed by atoms with Gasteiger partial charge in [0.2, 0.25) is 5.95 Å². The SMILES string of the molecule is Cc1cccc(-c2ccccc2)c1-n1cnc(-c2[c-]c(Cc3[c-]c(N4CCn5ccnc54)ccc3)ccc2)c1.[Pt+2]. The number of imidazole rings is 2. The Morgan fingerprint density at radius 1 is 0.800 bits per heavy atom. The molecule has 6 heteroatoms. The second kappa shape index (κ2) is 11.1. The quantitative estimate of drug-likeness (QED) is 0.175. The number of para-hydroxylation sites is 1. The second-order valence-corrected chi connectivity index (χ2v) is 9.90. The molecule has 0 fully saturated rings. The zero-order valence-corrected chi connectivity index (χ0v) is 24.3. The summed E-state index contributed by atoms with van der Waals surface area (Å²) in [5.74, 6) is 0.983. The number of benzene rings is 4. The first-order valence-corrected chi connectivity index (χ1v) is 13.2. The van der Waals surface area contributed by atoms with E-state index in [1.54, 1.807) is 0 Å². The molecule has 2 aromatic heterocycles. The molecule has 0 saturated carbocycles. The van der Waals surface area contributed by atoms with E-state index in [1.807, 2.05) is 24.8 Å². The molecule has 1 aliphatic rings. The van der Waals surface area contributed by atoms with Crippen LogP contribution in [0.3, 0.4) is 0 Å². The maximum absolute atomic E-state index is 4.78. The van der Waals surface area contributed by atoms with Crippen molar-refractivity contribution in [2.75, 3.05) is 11.4 Å². The first kappa shape index (κ1) is 26.0. The van der Waals surface area contributed by atoms with Crippen molar-refractivity contribution >= 4 is 11.6 Å². The predicted molar refractivity (Wildman–Crippen MR) is 155 cm³/mol. The van der Waals surface area contributed by atoms with Crippen LogP contribution in [0.25, 0.3) is 28.1 Å². The van der Waals surface area contributed by atoms with Crippen molar-refractivity contribution in [3.8, 4) is 28.1 Å². The number of aryl methyl sites for hydroxylation is 1. The van der Waals surface area contributed by atoms with E-state index in [0.29, 0.717) is 0 Å². The van der Waals surface area contributed by atoms with E-state index in [1.165, 1.54) is 16.7 Å². The molecule has 4 aromatic carbocycles. The molecule has 0 N–H and O–H groups in total. The van der Waals surface area contributed by atoms with Gasteiger partial charge in [0.25, 0.3) is 0 Å². The van der Waals surface area contributed by atoms with Crippen LogP contribution in [0.2, 0.25) is 0 Å². The standard InChI is InChI=1S/C34H27N5.Pt/c1-25-8-5-15-31(28-11-3-2-4-12-28)33(25)38-23-32(36-24-38)29-13-6-9-26(21-29)20-27-10-7-14-30(22-27)39-19-18-37-17-16-35-34(37)39;/h2-17,23-24H,18-20H2,1H3;/q-2;+2. The third-order valence-electron chi connectivity index (χ3n) is 7.31. The van der Waals surface area contributed by atoms with Gasteiger partial charge < -0.3 is 14.0 Å². The topological polar surface area (TPSA) is 38.9 Å². The Hall–Kier alpha value is -4.21. The molecule has 6 aromatic rings. The van der Waals surface area contributed by atoms with Gasteiger partial charge in [0.1, 0.15) is 0 Å². The van der Waals surface area contributed by atoms with Crippen molar-refractivity contribution in [1.29, 1.82) is 0 Å². The Morgan fingerprint density at radius 3 is 2.48 bits per heavy atom. The van der Waals surface area contributed by atoms with Gasteiger partial charge in [0.15, 0.2) is 0 Å². The van der Waals surface area contributed by atoms with Gasteiger partial charge in [0.05, 0.1) is 12.0 Å². The van der Waals surface area contributed by atoms with E-state index in [4.69, 9.17) is 4.98 Å². The summed E-state index contributed by atoms with van der Waals surface area (Å²) >= 11 is 0. The van der Waals surface area contributed by atoms with E-state index >= 15 is 0 Å². The smallest absolute Gasteiger partial charge is 0.334 e. The summed E-state index contributed by atoms with van der Waals surface area (Å²) < 4.78 is 4.31. The molecule has 7 rings (SSSR count). The Kier molecular flexibility index (Phi) is 7.23. The molecule has 5 nitrogen and oxygen atoms in total. The van der Waals surface area contributed by atoms with Gasteiger partial charge in [-0.05, 0) is 30.7 Å². The van der Waals surface area contributed by atoms with Crippen molar-refractivity contribution in [1.82, 2.24) is 19.1 Å². The Labute approximate surface area is 249 Å². The zero-order chi connectivity index (χ0) is 26.2. The summed E-state index contributed by atoms with van der Waals surface area (Å²) in [7, 11) is 0. The Bertz CT molecular complexity index is 1770. The molecular weight excluding hydrogens is 673 g/mol. The van der Waals surface area contributed by atoms with E-state index in [2.05, 4.69) is 123 Å². The van der Waals surface area contributed by atoms with Crippen molar-refractivity contribution in [3.63, 3.8) is 0 Å². The summed E-state index contributed by atoms with van der Waals surface area (Å²) in [5, 5.41) is 0. The fourth-order valence-electron chi connectivity index (χ4n) is 5.43. The average Bonchev–Trinajstić information content (AvgIpc) is 3.72. The van der Waals surface area contributed by atoms with Crippen LogP contribution in [-0.2, 0) is 34.0 Å². The van der Waals surface area contributed by atoms with Crippen molar-refractivity contribution < 1.29 is 21.1 Å². The predicted octanol–water partition coefficient (Wildman–Crippen LogP) is 7.05. The molecule has 3 heterocycles. The molecular formula is C34H27N5Pt. The molecule has 0 unspecified atom stereocenters. The first-order chi connectivity index (χ1) is 19.2. The number of fused-ring (bicyclic) bond motifs is 1. The van der Waals surface area contributed by atoms with Gasteiger partial charge in [-0.1, -0.05) is 54.2 Å². The third kappa shape index (κ3) is 4.94. The van der Waals surface area contributed by atoms with Gasteiger partial charge in [-0.3, -0.25) is 4.98 Å². The van der Waals surface area contributed by atoms with Crippen LogP contribution in [0.5, 0.6) is 0 Å². The molecule has 0 atom stereocenters. The van der Waals surface area contributed by atoms with Crippen molar-refractivity contribution in [3.05, 3.63) is 139 Å². The van der Waals surface area contributed by atoms with Gasteiger partial charge in [-0.15, -0.1) is 41.5 Å². The molecule has 0 amide bonds. The molecule has 0 spiro atoms. The van der Waals surface area contributed by atoms with E-state index < -0.39 is 0 Å². The van der Waals surface area contributed by atoms with E-state index in [0.717, 1.165) is 59.2 Å². The first-order valence-electron chi connectivity index (χ1n) is 13.2. The summed E-state index contributed by atoms with van der Waals surface area (Å²) in [6, 6.07) is 36.8. The van der Waals surface area contributed by atoms with Crippen LogP contribution in [0.15, 0.2) is 110 Å². The molecule has 1 aliphatic heterocycles. The summed E-state index contributed by atoms with van der Waals surface area (Å²) in [6.45, 7) is 4.01. The van der Waals surface area contributed by atoms with Crippen LogP contribution >= 0.6 is 0 Å². The molecule has 0 bridgehead atoms. The van der Waals surface area contributed by atoms with E-state index in [9.17, 15) is 0 Å². The minimum absolute atomic E-state index is 0. The monoisotopic (exact) mass is 700 g/mol. The number of aromatic nitrogens is 4. The average molecular weight is 701 g/mol.